The van der Waals surface area contributed by atoms with Gasteiger partial charge in [0.2, 0.25) is 0 Å². The first-order chi connectivity index (χ1) is 12.3. The van der Waals surface area contributed by atoms with Crippen molar-refractivity contribution in [2.75, 3.05) is 6.61 Å². The van der Waals surface area contributed by atoms with Crippen molar-refractivity contribution in [3.63, 3.8) is 0 Å². The Balaban J connectivity index is 2.27. The molecule has 2 aromatic rings. The van der Waals surface area contributed by atoms with Crippen LogP contribution >= 0.6 is 0 Å². The molecule has 1 aromatic carbocycles. The number of aromatic nitrogens is 2. The molecule has 0 radical (unpaired) electrons. The Hall–Kier alpha value is -2.90. The summed E-state index contributed by atoms with van der Waals surface area (Å²) >= 11 is 0. The predicted molar refractivity (Wildman–Crippen MR) is 89.8 cm³/mol. The number of alkyl halides is 3. The Bertz CT molecular complexity index is 833. The zero-order chi connectivity index (χ0) is 19.3. The van der Waals surface area contributed by atoms with Gasteiger partial charge in [0.05, 0.1) is 12.2 Å². The zero-order valence-corrected chi connectivity index (χ0v) is 14.3. The number of hydrogen-bond donors (Lipinski definition) is 1. The first-order valence-electron chi connectivity index (χ1n) is 7.84. The smallest absolute Gasteiger partial charge is 0.416 e. The second kappa shape index (κ2) is 7.99. The minimum absolute atomic E-state index is 0.0283. The summed E-state index contributed by atoms with van der Waals surface area (Å²) in [5.41, 5.74) is 6.45. The number of rotatable bonds is 5. The van der Waals surface area contributed by atoms with Gasteiger partial charge in [-0.05, 0) is 31.0 Å². The summed E-state index contributed by atoms with van der Waals surface area (Å²) in [7, 11) is 0. The Morgan fingerprint density at radius 2 is 2.08 bits per heavy atom. The molecule has 0 unspecified atom stereocenters. The van der Waals surface area contributed by atoms with Gasteiger partial charge in [0.1, 0.15) is 5.57 Å². The maximum Gasteiger partial charge on any atom is 0.416 e. The van der Waals surface area contributed by atoms with Crippen LogP contribution in [-0.2, 0) is 22.1 Å². The average Bonchev–Trinajstić information content (AvgIpc) is 2.58. The van der Waals surface area contributed by atoms with E-state index in [2.05, 4.69) is 9.97 Å². The van der Waals surface area contributed by atoms with Gasteiger partial charge in [-0.1, -0.05) is 18.2 Å². The molecule has 0 saturated heterocycles. The lowest BCUT2D eigenvalue weighted by Crippen LogP contribution is -2.12. The molecule has 138 valence electrons. The zero-order valence-electron chi connectivity index (χ0n) is 14.3. The Morgan fingerprint density at radius 3 is 2.65 bits per heavy atom. The molecular weight excluding hydrogens is 347 g/mol. The molecule has 8 heteroatoms. The van der Waals surface area contributed by atoms with Gasteiger partial charge in [0.15, 0.2) is 5.82 Å². The van der Waals surface area contributed by atoms with Crippen LogP contribution in [0.5, 0.6) is 0 Å². The fourth-order valence-electron chi connectivity index (χ4n) is 2.32. The third kappa shape index (κ3) is 4.59. The second-order valence-electron chi connectivity index (χ2n) is 5.48. The SMILES string of the molecule is CCOC(=O)/C(=C/N)c1ncc(Cc2cccc(C(F)(F)F)c2)c(C)n1. The summed E-state index contributed by atoms with van der Waals surface area (Å²) in [5, 5.41) is 0. The van der Waals surface area contributed by atoms with Gasteiger partial charge in [0.25, 0.3) is 0 Å². The fraction of sp³-hybridized carbons (Fsp3) is 0.278. The topological polar surface area (TPSA) is 78.1 Å². The molecule has 2 rings (SSSR count). The highest BCUT2D eigenvalue weighted by Gasteiger charge is 2.30. The minimum atomic E-state index is -4.40. The van der Waals surface area contributed by atoms with Crippen LogP contribution in [0, 0.1) is 6.92 Å². The normalized spacial score (nSPS) is 12.1. The van der Waals surface area contributed by atoms with E-state index in [4.69, 9.17) is 10.5 Å². The molecular formula is C18H18F3N3O2. The first kappa shape index (κ1) is 19.4. The average molecular weight is 365 g/mol. The van der Waals surface area contributed by atoms with Crippen LogP contribution in [0.1, 0.15) is 35.1 Å². The lowest BCUT2D eigenvalue weighted by molar-refractivity contribution is -0.138. The Morgan fingerprint density at radius 1 is 1.35 bits per heavy atom. The van der Waals surface area contributed by atoms with Crippen molar-refractivity contribution < 1.29 is 22.7 Å². The minimum Gasteiger partial charge on any atom is -0.462 e. The van der Waals surface area contributed by atoms with Crippen LogP contribution in [0.4, 0.5) is 13.2 Å². The number of nitrogens with zero attached hydrogens (tertiary/aromatic N) is 2. The molecule has 0 atom stereocenters. The quantitative estimate of drug-likeness (QED) is 0.650. The molecule has 1 heterocycles. The summed E-state index contributed by atoms with van der Waals surface area (Å²) in [6.07, 6.45) is -1.62. The fourth-order valence-corrected chi connectivity index (χ4v) is 2.32. The van der Waals surface area contributed by atoms with Gasteiger partial charge in [-0.15, -0.1) is 0 Å². The van der Waals surface area contributed by atoms with Crippen molar-refractivity contribution in [3.05, 3.63) is 64.9 Å². The van der Waals surface area contributed by atoms with Gasteiger partial charge in [-0.2, -0.15) is 13.2 Å². The van der Waals surface area contributed by atoms with Gasteiger partial charge < -0.3 is 10.5 Å². The lowest BCUT2D eigenvalue weighted by atomic mass is 10.0. The summed E-state index contributed by atoms with van der Waals surface area (Å²) in [4.78, 5) is 20.2. The molecule has 5 nitrogen and oxygen atoms in total. The molecule has 0 bridgehead atoms. The molecule has 0 aliphatic rings. The number of nitrogens with two attached hydrogens (primary N) is 1. The van der Waals surface area contributed by atoms with E-state index >= 15 is 0 Å². The van der Waals surface area contributed by atoms with Crippen molar-refractivity contribution in [1.82, 2.24) is 9.97 Å². The van der Waals surface area contributed by atoms with Crippen LogP contribution in [0.3, 0.4) is 0 Å². The number of benzene rings is 1. The molecule has 0 aliphatic heterocycles. The number of esters is 1. The van der Waals surface area contributed by atoms with E-state index in [1.54, 1.807) is 19.9 Å². The van der Waals surface area contributed by atoms with Crippen LogP contribution in [0.15, 0.2) is 36.7 Å². The van der Waals surface area contributed by atoms with Gasteiger partial charge in [-0.3, -0.25) is 0 Å². The third-order valence-corrected chi connectivity index (χ3v) is 3.63. The maximum absolute atomic E-state index is 12.8. The van der Waals surface area contributed by atoms with Crippen LogP contribution in [0.2, 0.25) is 0 Å². The Kier molecular flexibility index (Phi) is 5.97. The van der Waals surface area contributed by atoms with Crippen molar-refractivity contribution in [2.24, 2.45) is 5.73 Å². The van der Waals surface area contributed by atoms with E-state index in [9.17, 15) is 18.0 Å². The van der Waals surface area contributed by atoms with Crippen LogP contribution < -0.4 is 5.73 Å². The number of ether oxygens (including phenoxy) is 1. The van der Waals surface area contributed by atoms with E-state index in [0.29, 0.717) is 16.8 Å². The highest BCUT2D eigenvalue weighted by atomic mass is 19.4. The van der Waals surface area contributed by atoms with Crippen molar-refractivity contribution in [3.8, 4) is 0 Å². The molecule has 26 heavy (non-hydrogen) atoms. The van der Waals surface area contributed by atoms with Crippen molar-refractivity contribution in [1.29, 1.82) is 0 Å². The highest BCUT2D eigenvalue weighted by molar-refractivity contribution is 6.15. The third-order valence-electron chi connectivity index (χ3n) is 3.63. The maximum atomic E-state index is 12.8. The number of carbonyl (C=O) groups is 1. The molecule has 1 aromatic heterocycles. The summed E-state index contributed by atoms with van der Waals surface area (Å²) in [6.45, 7) is 3.53. The summed E-state index contributed by atoms with van der Waals surface area (Å²) in [6, 6.07) is 5.08. The van der Waals surface area contributed by atoms with E-state index in [1.165, 1.54) is 12.3 Å². The number of halogens is 3. The molecule has 0 spiro atoms. The lowest BCUT2D eigenvalue weighted by Gasteiger charge is -2.11. The number of carbonyl (C=O) groups excluding carboxylic acids is 1. The van der Waals surface area contributed by atoms with E-state index in [-0.39, 0.29) is 24.4 Å². The van der Waals surface area contributed by atoms with Crippen LogP contribution in [-0.4, -0.2) is 22.5 Å². The molecule has 0 fully saturated rings. The van der Waals surface area contributed by atoms with Gasteiger partial charge in [-0.25, -0.2) is 14.8 Å². The molecule has 2 N–H and O–H groups in total. The molecule has 0 amide bonds. The molecule has 0 aliphatic carbocycles. The van der Waals surface area contributed by atoms with E-state index in [0.717, 1.165) is 18.3 Å². The molecule has 0 saturated carbocycles. The monoisotopic (exact) mass is 365 g/mol. The standard InChI is InChI=1S/C18H18F3N3O2/c1-3-26-17(25)15(9-22)16-23-10-13(11(2)24-16)7-12-5-4-6-14(8-12)18(19,20)21/h4-6,8-10H,3,7,22H2,1-2H3/b15-9+. The summed E-state index contributed by atoms with van der Waals surface area (Å²) < 4.78 is 43.3. The predicted octanol–water partition coefficient (Wildman–Crippen LogP) is 3.26. The number of aryl methyl sites for hydroxylation is 1. The summed E-state index contributed by atoms with van der Waals surface area (Å²) in [5.74, 6) is -0.531. The Labute approximate surface area is 148 Å². The van der Waals surface area contributed by atoms with Crippen molar-refractivity contribution in [2.45, 2.75) is 26.4 Å². The van der Waals surface area contributed by atoms with Crippen molar-refractivity contribution >= 4 is 11.5 Å². The largest absolute Gasteiger partial charge is 0.462 e. The highest BCUT2D eigenvalue weighted by Crippen LogP contribution is 2.30. The van der Waals surface area contributed by atoms with Gasteiger partial charge >= 0.3 is 12.1 Å². The second-order valence-corrected chi connectivity index (χ2v) is 5.48. The van der Waals surface area contributed by atoms with E-state index in [1.807, 2.05) is 0 Å². The number of hydrogen-bond acceptors (Lipinski definition) is 5. The van der Waals surface area contributed by atoms with Crippen LogP contribution in [0.25, 0.3) is 5.57 Å². The van der Waals surface area contributed by atoms with E-state index < -0.39 is 17.7 Å². The first-order valence-corrected chi connectivity index (χ1v) is 7.84. The van der Waals surface area contributed by atoms with Gasteiger partial charge in [0, 0.05) is 24.5 Å².